The lowest BCUT2D eigenvalue weighted by molar-refractivity contribution is -0.136. The van der Waals surface area contributed by atoms with E-state index in [2.05, 4.69) is 10.2 Å². The molecule has 1 aliphatic heterocycles. The van der Waals surface area contributed by atoms with Gasteiger partial charge in [0.05, 0.1) is 11.5 Å². The molecule has 1 aromatic carbocycles. The lowest BCUT2D eigenvalue weighted by Gasteiger charge is -2.34. The first-order valence-electron chi connectivity index (χ1n) is 9.28. The van der Waals surface area contributed by atoms with E-state index in [1.54, 1.807) is 11.8 Å². The topological polar surface area (TPSA) is 103 Å². The Morgan fingerprint density at radius 3 is 2.68 bits per heavy atom. The molecule has 2 amide bonds. The van der Waals surface area contributed by atoms with Crippen molar-refractivity contribution >= 4 is 19.1 Å². The smallest absolute Gasteiger partial charge is 0.447 e. The first-order chi connectivity index (χ1) is 13.3. The molecule has 28 heavy (non-hydrogen) atoms. The summed E-state index contributed by atoms with van der Waals surface area (Å²) in [5.41, 5.74) is 0.161. The number of amides is 2. The van der Waals surface area contributed by atoms with Crippen molar-refractivity contribution in [2.24, 2.45) is 0 Å². The fourth-order valence-corrected chi connectivity index (χ4v) is 3.34. The normalized spacial score (nSPS) is 20.8. The fourth-order valence-electron chi connectivity index (χ4n) is 3.34. The van der Waals surface area contributed by atoms with Crippen LogP contribution in [-0.2, 0) is 16.0 Å². The maximum atomic E-state index is 12.4. The quantitative estimate of drug-likeness (QED) is 0.479. The lowest BCUT2D eigenvalue weighted by atomic mass is 9.76. The van der Waals surface area contributed by atoms with Crippen LogP contribution in [0, 0.1) is 6.57 Å². The number of hydrogen-bond donors (Lipinski definition) is 3. The van der Waals surface area contributed by atoms with Gasteiger partial charge in [0, 0.05) is 13.5 Å². The largest absolute Gasteiger partial charge is 0.475 e. The average molecular weight is 387 g/mol. The Kier molecular flexibility index (Phi) is 7.43. The molecule has 1 saturated heterocycles. The molecule has 0 spiro atoms. The van der Waals surface area contributed by atoms with E-state index in [4.69, 9.17) is 11.3 Å². The number of alkyl carbamates (subject to hydrolysis) is 1. The first-order valence-corrected chi connectivity index (χ1v) is 9.28. The molecule has 2 rings (SSSR count). The Morgan fingerprint density at radius 2 is 2.07 bits per heavy atom. The Hall–Kier alpha value is -2.57. The summed E-state index contributed by atoms with van der Waals surface area (Å²) in [7, 11) is -1.74. The van der Waals surface area contributed by atoms with Gasteiger partial charge < -0.3 is 29.8 Å². The van der Waals surface area contributed by atoms with E-state index in [0.29, 0.717) is 13.0 Å². The molecule has 3 atom stereocenters. The van der Waals surface area contributed by atoms with Crippen molar-refractivity contribution in [1.82, 2.24) is 10.2 Å². The molecular formula is C19H26BN3O5. The molecule has 1 aromatic rings. The van der Waals surface area contributed by atoms with E-state index in [1.165, 1.54) is 0 Å². The van der Waals surface area contributed by atoms with Gasteiger partial charge in [0.2, 0.25) is 0 Å². The molecule has 0 radical (unpaired) electrons. The predicted molar refractivity (Wildman–Crippen MR) is 104 cm³/mol. The number of hydrogen-bond acceptors (Lipinski definition) is 5. The highest BCUT2D eigenvalue weighted by molar-refractivity contribution is 6.43. The summed E-state index contributed by atoms with van der Waals surface area (Å²) in [4.78, 5) is 29.5. The second kappa shape index (κ2) is 9.58. The molecule has 8 nitrogen and oxygen atoms in total. The van der Waals surface area contributed by atoms with Crippen molar-refractivity contribution < 1.29 is 24.4 Å². The minimum absolute atomic E-state index is 0.0329. The summed E-state index contributed by atoms with van der Waals surface area (Å²) in [5, 5.41) is 21.6. The van der Waals surface area contributed by atoms with Crippen LogP contribution in [0.2, 0.25) is 0 Å². The molecule has 1 unspecified atom stereocenters. The number of rotatable bonds is 7. The highest BCUT2D eigenvalue weighted by Crippen LogP contribution is 2.30. The molecule has 0 aromatic heterocycles. The third-order valence-electron chi connectivity index (χ3n) is 5.04. The molecule has 9 heteroatoms. The maximum Gasteiger partial charge on any atom is 0.475 e. The number of likely N-dealkylation sites (tertiary alicyclic amines) is 1. The van der Waals surface area contributed by atoms with Gasteiger partial charge in [0.1, 0.15) is 6.61 Å². The second-order valence-corrected chi connectivity index (χ2v) is 7.33. The lowest BCUT2D eigenvalue weighted by Crippen LogP contribution is -2.53. The summed E-state index contributed by atoms with van der Waals surface area (Å²) < 4.78 is 5.30. The van der Waals surface area contributed by atoms with Crippen LogP contribution >= 0.6 is 0 Å². The van der Waals surface area contributed by atoms with Crippen molar-refractivity contribution in [3.05, 3.63) is 47.3 Å². The van der Waals surface area contributed by atoms with Crippen LogP contribution < -0.4 is 5.32 Å². The third kappa shape index (κ3) is 5.47. The van der Waals surface area contributed by atoms with Crippen LogP contribution in [-0.4, -0.2) is 64.7 Å². The van der Waals surface area contributed by atoms with Crippen molar-refractivity contribution in [2.75, 3.05) is 13.2 Å². The third-order valence-corrected chi connectivity index (χ3v) is 5.04. The fraction of sp³-hybridized carbons (Fsp3) is 0.526. The molecule has 3 N–H and O–H groups in total. The maximum absolute atomic E-state index is 12.4. The molecule has 0 saturated carbocycles. The number of nitrogens with zero attached hydrogens (tertiary/aromatic N) is 2. The Bertz CT molecular complexity index is 724. The second-order valence-electron chi connectivity index (χ2n) is 7.33. The number of carbonyl (C=O) groups is 2. The van der Waals surface area contributed by atoms with Crippen molar-refractivity contribution in [1.29, 1.82) is 0 Å². The van der Waals surface area contributed by atoms with E-state index >= 15 is 0 Å². The summed E-state index contributed by atoms with van der Waals surface area (Å²) in [6.07, 6.45) is 0.877. The van der Waals surface area contributed by atoms with E-state index in [9.17, 15) is 19.6 Å². The van der Waals surface area contributed by atoms with Crippen LogP contribution in [0.3, 0.4) is 0 Å². The van der Waals surface area contributed by atoms with Crippen LogP contribution in [0.25, 0.3) is 4.85 Å². The van der Waals surface area contributed by atoms with Gasteiger partial charge in [-0.2, -0.15) is 0 Å². The molecule has 150 valence electrons. The van der Waals surface area contributed by atoms with Gasteiger partial charge in [-0.05, 0) is 31.7 Å². The Morgan fingerprint density at radius 1 is 1.39 bits per heavy atom. The van der Waals surface area contributed by atoms with E-state index in [0.717, 1.165) is 12.0 Å². The van der Waals surface area contributed by atoms with Crippen molar-refractivity contribution in [3.8, 4) is 0 Å². The summed E-state index contributed by atoms with van der Waals surface area (Å²) in [6.45, 7) is 10.9. The van der Waals surface area contributed by atoms with E-state index in [-0.39, 0.29) is 18.9 Å². The van der Waals surface area contributed by atoms with Crippen LogP contribution in [0.15, 0.2) is 30.3 Å². The van der Waals surface area contributed by atoms with Crippen LogP contribution in [0.5, 0.6) is 0 Å². The Labute approximate surface area is 165 Å². The van der Waals surface area contributed by atoms with Gasteiger partial charge in [-0.3, -0.25) is 4.79 Å². The molecular weight excluding hydrogens is 361 g/mol. The first kappa shape index (κ1) is 21.7. The van der Waals surface area contributed by atoms with Gasteiger partial charge in [0.25, 0.3) is 6.04 Å². The number of ether oxygens (including phenoxy) is 1. The Balaban J connectivity index is 1.94. The summed E-state index contributed by atoms with van der Waals surface area (Å²) in [6, 6.07) is 8.37. The predicted octanol–water partition coefficient (Wildman–Crippen LogP) is 1.02. The van der Waals surface area contributed by atoms with Gasteiger partial charge in [0.15, 0.2) is 0 Å². The average Bonchev–Trinajstić information content (AvgIpc) is 3.07. The van der Waals surface area contributed by atoms with Crippen molar-refractivity contribution in [2.45, 2.75) is 50.6 Å². The monoisotopic (exact) mass is 387 g/mol. The summed E-state index contributed by atoms with van der Waals surface area (Å²) >= 11 is 0. The molecule has 1 fully saturated rings. The number of benzene rings is 1. The SMILES string of the molecule is [C-]#[N+]C(C)C(=O)N1CCC[C@]1(C)COC(=O)N[C@@H](Cc1ccccc1)B(O)O. The van der Waals surface area contributed by atoms with E-state index in [1.807, 2.05) is 37.3 Å². The van der Waals surface area contributed by atoms with Gasteiger partial charge >= 0.3 is 19.1 Å². The minimum atomic E-state index is -1.74. The number of nitrogens with one attached hydrogen (secondary N) is 1. The zero-order valence-corrected chi connectivity index (χ0v) is 16.2. The van der Waals surface area contributed by atoms with Crippen molar-refractivity contribution in [3.63, 3.8) is 0 Å². The summed E-state index contributed by atoms with van der Waals surface area (Å²) in [5.74, 6) is -1.20. The molecule has 0 bridgehead atoms. The van der Waals surface area contributed by atoms with Crippen LogP contribution in [0.1, 0.15) is 32.3 Å². The molecule has 1 aliphatic rings. The van der Waals surface area contributed by atoms with Crippen LogP contribution in [0.4, 0.5) is 4.79 Å². The van der Waals surface area contributed by atoms with Gasteiger partial charge in [-0.25, -0.2) is 11.4 Å². The highest BCUT2D eigenvalue weighted by atomic mass is 16.5. The molecule has 0 aliphatic carbocycles. The van der Waals surface area contributed by atoms with E-state index < -0.39 is 30.7 Å². The zero-order valence-electron chi connectivity index (χ0n) is 16.2. The van der Waals surface area contributed by atoms with Gasteiger partial charge in [-0.1, -0.05) is 30.3 Å². The highest BCUT2D eigenvalue weighted by Gasteiger charge is 2.43. The molecule has 1 heterocycles. The minimum Gasteiger partial charge on any atom is -0.447 e. The number of carbonyl (C=O) groups excluding carboxylic acids is 2. The standard InChI is InChI=1S/C19H26BN3O5/c1-14(21-3)17(24)23-11-7-10-19(23,2)13-28-18(25)22-16(20(26)27)12-15-8-5-4-6-9-15/h4-6,8-9,14,16,26-27H,7,10-13H2,1-2H3,(H,22,25)/t14?,16-,19+/m0/s1. The zero-order chi connectivity index (χ0) is 20.7. The van der Waals surface area contributed by atoms with Gasteiger partial charge in [-0.15, -0.1) is 0 Å².